The van der Waals surface area contributed by atoms with Gasteiger partial charge in [0.05, 0.1) is 17.5 Å². The molecule has 0 unspecified atom stereocenters. The molecule has 1 fully saturated rings. The van der Waals surface area contributed by atoms with Gasteiger partial charge in [-0.25, -0.2) is 9.18 Å². The van der Waals surface area contributed by atoms with Crippen LogP contribution in [0.25, 0.3) is 22.1 Å². The fraction of sp³-hybridized carbons (Fsp3) is 0.375. The van der Waals surface area contributed by atoms with Crippen LogP contribution in [0.15, 0.2) is 56.3 Å². The smallest absolute Gasteiger partial charge is 0.417 e. The second-order valence-electron chi connectivity index (χ2n) is 8.51. The van der Waals surface area contributed by atoms with Crippen LogP contribution in [0.4, 0.5) is 10.1 Å². The highest BCUT2D eigenvalue weighted by Crippen LogP contribution is 2.29. The van der Waals surface area contributed by atoms with Crippen molar-refractivity contribution >= 4 is 27.8 Å². The van der Waals surface area contributed by atoms with E-state index in [1.54, 1.807) is 18.4 Å². The lowest BCUT2D eigenvalue weighted by Gasteiger charge is -2.45. The third-order valence-corrected chi connectivity index (χ3v) is 6.35. The second kappa shape index (κ2) is 7.89. The molecule has 0 radical (unpaired) electrons. The summed E-state index contributed by atoms with van der Waals surface area (Å²) >= 11 is 0. The summed E-state index contributed by atoms with van der Waals surface area (Å²) in [6.45, 7) is 7.15. The first-order chi connectivity index (χ1) is 15.0. The number of hydrogen-bond acceptors (Lipinski definition) is 5. The molecule has 0 amide bonds. The summed E-state index contributed by atoms with van der Waals surface area (Å²) in [5, 5.41) is 0.868. The van der Waals surface area contributed by atoms with Crippen LogP contribution in [0.3, 0.4) is 0 Å². The Balaban J connectivity index is 1.26. The Hall–Kier alpha value is -3.06. The number of aryl methyl sites for hydroxylation is 1. The van der Waals surface area contributed by atoms with Crippen LogP contribution in [0.5, 0.6) is 0 Å². The molecule has 4 aromatic rings. The number of oxazole rings is 1. The van der Waals surface area contributed by atoms with Gasteiger partial charge in [0.15, 0.2) is 5.58 Å². The van der Waals surface area contributed by atoms with Crippen molar-refractivity contribution in [1.29, 1.82) is 0 Å². The Morgan fingerprint density at radius 2 is 1.97 bits per heavy atom. The van der Waals surface area contributed by atoms with Gasteiger partial charge in [0.2, 0.25) is 0 Å². The summed E-state index contributed by atoms with van der Waals surface area (Å²) in [6.07, 6.45) is 3.58. The fourth-order valence-corrected chi connectivity index (χ4v) is 4.90. The van der Waals surface area contributed by atoms with Crippen molar-refractivity contribution in [2.45, 2.75) is 38.8 Å². The fourth-order valence-electron chi connectivity index (χ4n) is 4.90. The number of anilines is 1. The van der Waals surface area contributed by atoms with Gasteiger partial charge in [-0.3, -0.25) is 9.88 Å². The van der Waals surface area contributed by atoms with Crippen LogP contribution in [-0.4, -0.2) is 41.6 Å². The van der Waals surface area contributed by atoms with E-state index in [2.05, 4.69) is 28.6 Å². The number of halogens is 1. The van der Waals surface area contributed by atoms with Crippen molar-refractivity contribution in [3.8, 4) is 0 Å². The van der Waals surface area contributed by atoms with E-state index in [0.29, 0.717) is 17.7 Å². The van der Waals surface area contributed by atoms with Gasteiger partial charge in [0.1, 0.15) is 11.4 Å². The van der Waals surface area contributed by atoms with Crippen LogP contribution < -0.4 is 10.7 Å². The zero-order valence-corrected chi connectivity index (χ0v) is 17.7. The Labute approximate surface area is 179 Å². The van der Waals surface area contributed by atoms with E-state index in [1.807, 2.05) is 18.2 Å². The van der Waals surface area contributed by atoms with E-state index in [4.69, 9.17) is 8.83 Å². The molecule has 2 atom stereocenters. The SMILES string of the molecule is C[C@@H]1CN(c2cccc3[nH]c(=O)oc23)C[C@H](C)N1CCCc1coc2ccc(F)cc12. The van der Waals surface area contributed by atoms with Gasteiger partial charge in [-0.2, -0.15) is 0 Å². The maximum Gasteiger partial charge on any atom is 0.417 e. The average molecular weight is 423 g/mol. The van der Waals surface area contributed by atoms with Crippen molar-refractivity contribution in [1.82, 2.24) is 9.88 Å². The molecule has 1 saturated heterocycles. The van der Waals surface area contributed by atoms with Crippen molar-refractivity contribution in [3.05, 3.63) is 64.6 Å². The summed E-state index contributed by atoms with van der Waals surface area (Å²) in [7, 11) is 0. The maximum atomic E-state index is 13.6. The number of aromatic amines is 1. The summed E-state index contributed by atoms with van der Waals surface area (Å²) in [5.74, 6) is -0.657. The molecule has 2 aromatic heterocycles. The molecule has 0 aliphatic carbocycles. The summed E-state index contributed by atoms with van der Waals surface area (Å²) in [5.41, 5.74) is 4.11. The Kier molecular flexibility index (Phi) is 5.06. The molecule has 1 N–H and O–H groups in total. The maximum absolute atomic E-state index is 13.6. The van der Waals surface area contributed by atoms with Crippen LogP contribution >= 0.6 is 0 Å². The number of rotatable bonds is 5. The molecule has 5 rings (SSSR count). The number of nitrogens with one attached hydrogen (secondary N) is 1. The molecular weight excluding hydrogens is 397 g/mol. The molecular formula is C24H26FN3O3. The molecule has 7 heteroatoms. The van der Waals surface area contributed by atoms with Gasteiger partial charge in [0.25, 0.3) is 0 Å². The number of fused-ring (bicyclic) bond motifs is 2. The molecule has 6 nitrogen and oxygen atoms in total. The monoisotopic (exact) mass is 423 g/mol. The number of hydrogen-bond donors (Lipinski definition) is 1. The number of nitrogens with zero attached hydrogens (tertiary/aromatic N) is 2. The number of furan rings is 1. The third-order valence-electron chi connectivity index (χ3n) is 6.35. The minimum atomic E-state index is -0.422. The van der Waals surface area contributed by atoms with Gasteiger partial charge < -0.3 is 13.7 Å². The largest absolute Gasteiger partial charge is 0.464 e. The van der Waals surface area contributed by atoms with Crippen LogP contribution in [0.2, 0.25) is 0 Å². The van der Waals surface area contributed by atoms with Gasteiger partial charge in [0, 0.05) is 30.6 Å². The lowest BCUT2D eigenvalue weighted by atomic mass is 10.0. The molecule has 2 aromatic carbocycles. The molecule has 31 heavy (non-hydrogen) atoms. The zero-order valence-electron chi connectivity index (χ0n) is 17.7. The Bertz CT molecular complexity index is 1260. The summed E-state index contributed by atoms with van der Waals surface area (Å²) in [4.78, 5) is 19.2. The quantitative estimate of drug-likeness (QED) is 0.511. The topological polar surface area (TPSA) is 65.6 Å². The normalized spacial score (nSPS) is 20.2. The standard InChI is InChI=1S/C24H26FN3O3/c1-15-12-27(21-7-3-6-20-23(21)31-24(29)26-20)13-16(2)28(15)10-4-5-17-14-30-22-9-8-18(25)11-19(17)22/h3,6-9,11,14-16H,4-5,10,12-13H2,1-2H3,(H,26,29)/t15-,16+. The van der Waals surface area contributed by atoms with Crippen LogP contribution in [0, 0.1) is 5.82 Å². The highest BCUT2D eigenvalue weighted by molar-refractivity contribution is 5.86. The Morgan fingerprint density at radius 3 is 2.77 bits per heavy atom. The summed E-state index contributed by atoms with van der Waals surface area (Å²) < 4.78 is 24.6. The predicted octanol–water partition coefficient (Wildman–Crippen LogP) is 4.54. The number of benzene rings is 2. The Morgan fingerprint density at radius 1 is 1.16 bits per heavy atom. The lowest BCUT2D eigenvalue weighted by molar-refractivity contribution is 0.130. The van der Waals surface area contributed by atoms with E-state index in [0.717, 1.165) is 60.2 Å². The third kappa shape index (κ3) is 3.74. The van der Waals surface area contributed by atoms with Gasteiger partial charge >= 0.3 is 5.76 Å². The van der Waals surface area contributed by atoms with E-state index in [9.17, 15) is 9.18 Å². The van der Waals surface area contributed by atoms with E-state index >= 15 is 0 Å². The lowest BCUT2D eigenvalue weighted by Crippen LogP contribution is -2.57. The number of piperazine rings is 1. The van der Waals surface area contributed by atoms with E-state index in [-0.39, 0.29) is 5.82 Å². The summed E-state index contributed by atoms with van der Waals surface area (Å²) in [6, 6.07) is 11.2. The first-order valence-corrected chi connectivity index (χ1v) is 10.8. The van der Waals surface area contributed by atoms with Gasteiger partial charge in [-0.1, -0.05) is 6.07 Å². The molecule has 1 aliphatic rings. The second-order valence-corrected chi connectivity index (χ2v) is 8.51. The van der Waals surface area contributed by atoms with Crippen LogP contribution in [-0.2, 0) is 6.42 Å². The predicted molar refractivity (Wildman–Crippen MR) is 119 cm³/mol. The van der Waals surface area contributed by atoms with Crippen molar-refractivity contribution in [2.24, 2.45) is 0 Å². The number of para-hydroxylation sites is 1. The van der Waals surface area contributed by atoms with E-state index < -0.39 is 5.76 Å². The number of H-pyrrole nitrogens is 1. The molecule has 0 spiro atoms. The molecule has 1 aliphatic heterocycles. The first kappa shape index (κ1) is 19.9. The van der Waals surface area contributed by atoms with Gasteiger partial charge in [-0.05, 0) is 69.1 Å². The van der Waals surface area contributed by atoms with E-state index in [1.165, 1.54) is 6.07 Å². The minimum Gasteiger partial charge on any atom is -0.464 e. The van der Waals surface area contributed by atoms with Crippen LogP contribution in [0.1, 0.15) is 25.8 Å². The van der Waals surface area contributed by atoms with Crippen molar-refractivity contribution < 1.29 is 13.2 Å². The molecule has 0 saturated carbocycles. The van der Waals surface area contributed by atoms with Gasteiger partial charge in [-0.15, -0.1) is 0 Å². The van der Waals surface area contributed by atoms with Crippen molar-refractivity contribution in [3.63, 3.8) is 0 Å². The highest BCUT2D eigenvalue weighted by Gasteiger charge is 2.30. The van der Waals surface area contributed by atoms with Crippen molar-refractivity contribution in [2.75, 3.05) is 24.5 Å². The number of aromatic nitrogens is 1. The highest BCUT2D eigenvalue weighted by atomic mass is 19.1. The molecule has 162 valence electrons. The average Bonchev–Trinajstić information content (AvgIpc) is 3.31. The minimum absolute atomic E-state index is 0.234. The molecule has 3 heterocycles. The first-order valence-electron chi connectivity index (χ1n) is 10.8. The zero-order chi connectivity index (χ0) is 21.5. The molecule has 0 bridgehead atoms.